The highest BCUT2D eigenvalue weighted by molar-refractivity contribution is 7.10. The van der Waals surface area contributed by atoms with Crippen LogP contribution in [-0.2, 0) is 6.54 Å². The van der Waals surface area contributed by atoms with E-state index in [1.807, 2.05) is 31.4 Å². The molecule has 1 aliphatic rings. The second-order valence-corrected chi connectivity index (χ2v) is 7.52. The second kappa shape index (κ2) is 7.60. The van der Waals surface area contributed by atoms with Crippen molar-refractivity contribution in [2.24, 2.45) is 0 Å². The molecular formula is C18H26N2O2S. The first-order chi connectivity index (χ1) is 11.1. The molecular weight excluding hydrogens is 308 g/mol. The lowest BCUT2D eigenvalue weighted by molar-refractivity contribution is 0.0992. The van der Waals surface area contributed by atoms with E-state index >= 15 is 0 Å². The minimum absolute atomic E-state index is 0.356. The van der Waals surface area contributed by atoms with Crippen molar-refractivity contribution >= 4 is 11.3 Å². The molecule has 126 valence electrons. The predicted molar refractivity (Wildman–Crippen MR) is 92.5 cm³/mol. The molecule has 3 heterocycles. The molecule has 1 saturated heterocycles. The van der Waals surface area contributed by atoms with Crippen molar-refractivity contribution in [2.45, 2.75) is 64.6 Å². The van der Waals surface area contributed by atoms with E-state index in [-0.39, 0.29) is 6.10 Å². The molecule has 1 N–H and O–H groups in total. The Morgan fingerprint density at radius 3 is 2.96 bits per heavy atom. The Kier molecular flexibility index (Phi) is 5.51. The number of hydrogen-bond donors (Lipinski definition) is 1. The summed E-state index contributed by atoms with van der Waals surface area (Å²) in [7, 11) is 0. The van der Waals surface area contributed by atoms with Crippen LogP contribution in [0.4, 0.5) is 0 Å². The van der Waals surface area contributed by atoms with Crippen molar-refractivity contribution in [1.29, 1.82) is 0 Å². The summed E-state index contributed by atoms with van der Waals surface area (Å²) < 4.78 is 5.32. The first-order valence-corrected chi connectivity index (χ1v) is 9.40. The number of rotatable bonds is 5. The van der Waals surface area contributed by atoms with E-state index in [1.54, 1.807) is 11.3 Å². The molecule has 0 amide bonds. The minimum atomic E-state index is -0.356. The fourth-order valence-electron chi connectivity index (χ4n) is 3.50. The molecule has 1 fully saturated rings. The van der Waals surface area contributed by atoms with Gasteiger partial charge in [0.05, 0.1) is 11.8 Å². The highest BCUT2D eigenvalue weighted by Gasteiger charge is 2.26. The molecule has 0 spiro atoms. The Bertz CT molecular complexity index is 589. The molecule has 2 aromatic heterocycles. The third-order valence-corrected chi connectivity index (χ3v) is 5.88. The number of aromatic nitrogens is 1. The Hall–Kier alpha value is -1.17. The standard InChI is InChI=1S/C18H26N2O2S/c1-13-16(14(2)22-19-13)12-20-9-5-3-4-7-15(20)11-17(21)18-8-6-10-23-18/h6,8,10,15,17,21H,3-5,7,9,11-12H2,1-2H3. The van der Waals surface area contributed by atoms with Gasteiger partial charge in [-0.2, -0.15) is 0 Å². The largest absolute Gasteiger partial charge is 0.388 e. The van der Waals surface area contributed by atoms with Gasteiger partial charge in [0, 0.05) is 23.0 Å². The van der Waals surface area contributed by atoms with Crippen LogP contribution in [0.3, 0.4) is 0 Å². The highest BCUT2D eigenvalue weighted by atomic mass is 32.1. The average Bonchev–Trinajstić information content (AvgIpc) is 3.11. The lowest BCUT2D eigenvalue weighted by atomic mass is 10.0. The number of nitrogens with zero attached hydrogens (tertiary/aromatic N) is 2. The van der Waals surface area contributed by atoms with Crippen LogP contribution < -0.4 is 0 Å². The van der Waals surface area contributed by atoms with Crippen molar-refractivity contribution in [3.05, 3.63) is 39.4 Å². The fourth-order valence-corrected chi connectivity index (χ4v) is 4.22. The molecule has 23 heavy (non-hydrogen) atoms. The van der Waals surface area contributed by atoms with Crippen molar-refractivity contribution < 1.29 is 9.63 Å². The zero-order valence-electron chi connectivity index (χ0n) is 14.0. The van der Waals surface area contributed by atoms with Gasteiger partial charge in [0.25, 0.3) is 0 Å². The van der Waals surface area contributed by atoms with Gasteiger partial charge in [0.15, 0.2) is 0 Å². The average molecular weight is 334 g/mol. The van der Waals surface area contributed by atoms with Gasteiger partial charge in [-0.1, -0.05) is 24.1 Å². The third-order valence-electron chi connectivity index (χ3n) is 4.91. The maximum atomic E-state index is 10.6. The summed E-state index contributed by atoms with van der Waals surface area (Å²) in [5, 5.41) is 16.7. The summed E-state index contributed by atoms with van der Waals surface area (Å²) in [4.78, 5) is 3.60. The van der Waals surface area contributed by atoms with Crippen LogP contribution in [0.2, 0.25) is 0 Å². The first kappa shape index (κ1) is 16.7. The van der Waals surface area contributed by atoms with Crippen molar-refractivity contribution in [2.75, 3.05) is 6.54 Å². The van der Waals surface area contributed by atoms with Gasteiger partial charge >= 0.3 is 0 Å². The number of hydrogen-bond acceptors (Lipinski definition) is 5. The van der Waals surface area contributed by atoms with E-state index in [9.17, 15) is 5.11 Å². The summed E-state index contributed by atoms with van der Waals surface area (Å²) in [5.74, 6) is 0.921. The van der Waals surface area contributed by atoms with E-state index < -0.39 is 0 Å². The summed E-state index contributed by atoms with van der Waals surface area (Å²) >= 11 is 1.64. The number of aliphatic hydroxyl groups excluding tert-OH is 1. The van der Waals surface area contributed by atoms with Crippen molar-refractivity contribution in [3.8, 4) is 0 Å². The topological polar surface area (TPSA) is 49.5 Å². The Balaban J connectivity index is 1.72. The van der Waals surface area contributed by atoms with Crippen molar-refractivity contribution in [3.63, 3.8) is 0 Å². The normalized spacial score (nSPS) is 21.3. The van der Waals surface area contributed by atoms with E-state index in [4.69, 9.17) is 4.52 Å². The van der Waals surface area contributed by atoms with Gasteiger partial charge in [-0.15, -0.1) is 11.3 Å². The quantitative estimate of drug-likeness (QED) is 0.889. The SMILES string of the molecule is Cc1noc(C)c1CN1CCCCCC1CC(O)c1cccs1. The molecule has 1 aliphatic heterocycles. The van der Waals surface area contributed by atoms with Crippen LogP contribution in [-0.4, -0.2) is 27.7 Å². The highest BCUT2D eigenvalue weighted by Crippen LogP contribution is 2.30. The predicted octanol–water partition coefficient (Wildman–Crippen LogP) is 4.22. The number of aryl methyl sites for hydroxylation is 2. The van der Waals surface area contributed by atoms with E-state index in [0.29, 0.717) is 6.04 Å². The summed E-state index contributed by atoms with van der Waals surface area (Å²) in [6.45, 7) is 5.97. The first-order valence-electron chi connectivity index (χ1n) is 8.52. The zero-order chi connectivity index (χ0) is 16.2. The maximum absolute atomic E-state index is 10.6. The molecule has 2 aromatic rings. The Morgan fingerprint density at radius 2 is 2.26 bits per heavy atom. The van der Waals surface area contributed by atoms with Crippen LogP contribution in [0.5, 0.6) is 0 Å². The van der Waals surface area contributed by atoms with Gasteiger partial charge in [0.2, 0.25) is 0 Å². The van der Waals surface area contributed by atoms with Crippen LogP contribution >= 0.6 is 11.3 Å². The van der Waals surface area contributed by atoms with Gasteiger partial charge < -0.3 is 9.63 Å². The summed E-state index contributed by atoms with van der Waals surface area (Å²) in [6, 6.07) is 4.46. The van der Waals surface area contributed by atoms with Crippen LogP contribution in [0.1, 0.15) is 60.1 Å². The molecule has 0 bridgehead atoms. The van der Waals surface area contributed by atoms with Gasteiger partial charge in [-0.05, 0) is 51.1 Å². The van der Waals surface area contributed by atoms with E-state index in [0.717, 1.165) is 42.3 Å². The van der Waals surface area contributed by atoms with E-state index in [1.165, 1.54) is 24.8 Å². The smallest absolute Gasteiger partial charge is 0.138 e. The number of likely N-dealkylation sites (tertiary alicyclic amines) is 1. The summed E-state index contributed by atoms with van der Waals surface area (Å²) in [5.41, 5.74) is 2.20. The molecule has 2 atom stereocenters. The third kappa shape index (κ3) is 4.03. The zero-order valence-corrected chi connectivity index (χ0v) is 14.8. The Labute approximate surface area is 142 Å². The minimum Gasteiger partial charge on any atom is -0.388 e. The van der Waals surface area contributed by atoms with Crippen LogP contribution in [0.15, 0.2) is 22.0 Å². The van der Waals surface area contributed by atoms with Crippen LogP contribution in [0, 0.1) is 13.8 Å². The Morgan fingerprint density at radius 1 is 1.39 bits per heavy atom. The molecule has 2 unspecified atom stereocenters. The monoisotopic (exact) mass is 334 g/mol. The maximum Gasteiger partial charge on any atom is 0.138 e. The van der Waals surface area contributed by atoms with Gasteiger partial charge in [-0.25, -0.2) is 0 Å². The van der Waals surface area contributed by atoms with Gasteiger partial charge in [-0.3, -0.25) is 4.90 Å². The lowest BCUT2D eigenvalue weighted by Crippen LogP contribution is -2.35. The molecule has 3 rings (SSSR count). The van der Waals surface area contributed by atoms with Crippen LogP contribution in [0.25, 0.3) is 0 Å². The number of thiophene rings is 1. The molecule has 0 radical (unpaired) electrons. The molecule has 0 aromatic carbocycles. The fraction of sp³-hybridized carbons (Fsp3) is 0.611. The molecule has 4 nitrogen and oxygen atoms in total. The molecule has 0 aliphatic carbocycles. The van der Waals surface area contributed by atoms with Crippen molar-refractivity contribution in [1.82, 2.24) is 10.1 Å². The molecule has 0 saturated carbocycles. The number of aliphatic hydroxyl groups is 1. The summed E-state index contributed by atoms with van der Waals surface area (Å²) in [6.07, 6.45) is 5.37. The second-order valence-electron chi connectivity index (χ2n) is 6.54. The van der Waals surface area contributed by atoms with Gasteiger partial charge in [0.1, 0.15) is 5.76 Å². The lowest BCUT2D eigenvalue weighted by Gasteiger charge is -2.31. The molecule has 5 heteroatoms. The van der Waals surface area contributed by atoms with E-state index in [2.05, 4.69) is 10.1 Å².